The van der Waals surface area contributed by atoms with E-state index in [1.807, 2.05) is 6.07 Å². The molecule has 0 aromatic heterocycles. The molecule has 2 aliphatic rings. The number of methoxy groups -OCH3 is 1. The second-order valence-corrected chi connectivity index (χ2v) is 7.26. The molecule has 2 atom stereocenters. The number of benzene rings is 2. The zero-order chi connectivity index (χ0) is 17.3. The molecule has 0 unspecified atom stereocenters. The molecule has 25 heavy (non-hydrogen) atoms. The van der Waals surface area contributed by atoms with Crippen molar-refractivity contribution in [1.29, 1.82) is 0 Å². The summed E-state index contributed by atoms with van der Waals surface area (Å²) in [6, 6.07) is 17.0. The van der Waals surface area contributed by atoms with Crippen molar-refractivity contribution < 1.29 is 9.47 Å². The fourth-order valence-electron chi connectivity index (χ4n) is 4.49. The first-order chi connectivity index (χ1) is 12.2. The Morgan fingerprint density at radius 1 is 1.20 bits per heavy atom. The molecule has 0 aliphatic carbocycles. The molecular formula is C22H27NO2. The van der Waals surface area contributed by atoms with Crippen LogP contribution in [0.2, 0.25) is 0 Å². The second-order valence-electron chi connectivity index (χ2n) is 7.26. The van der Waals surface area contributed by atoms with Gasteiger partial charge < -0.3 is 9.47 Å². The summed E-state index contributed by atoms with van der Waals surface area (Å²) < 4.78 is 11.8. The summed E-state index contributed by atoms with van der Waals surface area (Å²) in [4.78, 5) is 2.56. The lowest BCUT2D eigenvalue weighted by atomic mass is 9.70. The summed E-state index contributed by atoms with van der Waals surface area (Å²) >= 11 is 0. The third kappa shape index (κ3) is 2.91. The SMILES string of the molecule is CC[C@@]12CCN(CCc3ccccc3)C[C@@H]1Oc1ccc(OC)cc12. The Morgan fingerprint density at radius 2 is 2.04 bits per heavy atom. The topological polar surface area (TPSA) is 21.7 Å². The minimum absolute atomic E-state index is 0.146. The van der Waals surface area contributed by atoms with E-state index in [0.29, 0.717) is 0 Å². The first kappa shape index (κ1) is 16.5. The van der Waals surface area contributed by atoms with Crippen LogP contribution in [0.5, 0.6) is 11.5 Å². The predicted octanol–water partition coefficient (Wildman–Crippen LogP) is 4.05. The van der Waals surface area contributed by atoms with E-state index in [9.17, 15) is 0 Å². The van der Waals surface area contributed by atoms with Gasteiger partial charge in [-0.2, -0.15) is 0 Å². The van der Waals surface area contributed by atoms with Crippen LogP contribution in [0, 0.1) is 0 Å². The number of rotatable bonds is 5. The van der Waals surface area contributed by atoms with E-state index in [0.717, 1.165) is 50.4 Å². The van der Waals surface area contributed by atoms with E-state index in [4.69, 9.17) is 9.47 Å². The maximum Gasteiger partial charge on any atom is 0.124 e. The number of likely N-dealkylation sites (tertiary alicyclic amines) is 1. The molecule has 2 aromatic carbocycles. The number of nitrogens with zero attached hydrogens (tertiary/aromatic N) is 1. The van der Waals surface area contributed by atoms with Crippen LogP contribution in [0.15, 0.2) is 48.5 Å². The van der Waals surface area contributed by atoms with Crippen molar-refractivity contribution in [1.82, 2.24) is 4.90 Å². The highest BCUT2D eigenvalue weighted by Crippen LogP contribution is 2.50. The monoisotopic (exact) mass is 337 g/mol. The lowest BCUT2D eigenvalue weighted by Crippen LogP contribution is -2.53. The molecule has 3 heteroatoms. The molecule has 0 spiro atoms. The average molecular weight is 337 g/mol. The van der Waals surface area contributed by atoms with Crippen LogP contribution in [0.4, 0.5) is 0 Å². The van der Waals surface area contributed by atoms with E-state index >= 15 is 0 Å². The van der Waals surface area contributed by atoms with Crippen LogP contribution in [0.25, 0.3) is 0 Å². The molecule has 0 saturated carbocycles. The van der Waals surface area contributed by atoms with Gasteiger partial charge in [0.15, 0.2) is 0 Å². The maximum atomic E-state index is 6.39. The molecule has 3 nitrogen and oxygen atoms in total. The summed E-state index contributed by atoms with van der Waals surface area (Å²) in [6.45, 7) is 5.54. The molecule has 2 aliphatic heterocycles. The van der Waals surface area contributed by atoms with Crippen molar-refractivity contribution in [3.63, 3.8) is 0 Å². The van der Waals surface area contributed by atoms with Crippen molar-refractivity contribution in [3.8, 4) is 11.5 Å². The van der Waals surface area contributed by atoms with E-state index in [2.05, 4.69) is 54.3 Å². The fraction of sp³-hybridized carbons (Fsp3) is 0.455. The Kier molecular flexibility index (Phi) is 4.43. The van der Waals surface area contributed by atoms with Crippen molar-refractivity contribution >= 4 is 0 Å². The molecule has 132 valence electrons. The summed E-state index contributed by atoms with van der Waals surface area (Å²) in [5.74, 6) is 1.99. The first-order valence-electron chi connectivity index (χ1n) is 9.36. The zero-order valence-corrected chi connectivity index (χ0v) is 15.2. The highest BCUT2D eigenvalue weighted by atomic mass is 16.5. The lowest BCUT2D eigenvalue weighted by Gasteiger charge is -2.42. The van der Waals surface area contributed by atoms with E-state index in [-0.39, 0.29) is 11.5 Å². The van der Waals surface area contributed by atoms with Gasteiger partial charge in [0.25, 0.3) is 0 Å². The van der Waals surface area contributed by atoms with Gasteiger partial charge in [0, 0.05) is 24.1 Å². The molecule has 1 fully saturated rings. The largest absolute Gasteiger partial charge is 0.497 e. The standard InChI is InChI=1S/C22H27NO2/c1-3-22-12-14-23(13-11-17-7-5-4-6-8-17)16-21(22)25-20-10-9-18(24-2)15-19(20)22/h4-10,15,21H,3,11-14,16H2,1-2H3/t21-,22-/m0/s1. The summed E-state index contributed by atoms with van der Waals surface area (Å²) in [6.07, 6.45) is 3.63. The predicted molar refractivity (Wildman–Crippen MR) is 101 cm³/mol. The Hall–Kier alpha value is -2.00. The van der Waals surface area contributed by atoms with Crippen LogP contribution < -0.4 is 9.47 Å². The van der Waals surface area contributed by atoms with Gasteiger partial charge in [-0.05, 0) is 49.6 Å². The van der Waals surface area contributed by atoms with Gasteiger partial charge in [0.2, 0.25) is 0 Å². The summed E-state index contributed by atoms with van der Waals surface area (Å²) in [5.41, 5.74) is 2.91. The minimum Gasteiger partial charge on any atom is -0.497 e. The second kappa shape index (κ2) is 6.72. The summed E-state index contributed by atoms with van der Waals surface area (Å²) in [5, 5.41) is 0. The number of hydrogen-bond donors (Lipinski definition) is 0. The van der Waals surface area contributed by atoms with Gasteiger partial charge in [0.1, 0.15) is 17.6 Å². The molecule has 2 aromatic rings. The third-order valence-corrected chi connectivity index (χ3v) is 6.10. The normalized spacial score (nSPS) is 25.1. The molecule has 0 N–H and O–H groups in total. The van der Waals surface area contributed by atoms with Gasteiger partial charge in [0.05, 0.1) is 7.11 Å². The van der Waals surface area contributed by atoms with Crippen molar-refractivity contribution in [3.05, 3.63) is 59.7 Å². The average Bonchev–Trinajstić information content (AvgIpc) is 3.00. The van der Waals surface area contributed by atoms with Crippen LogP contribution in [-0.4, -0.2) is 37.7 Å². The van der Waals surface area contributed by atoms with Crippen LogP contribution in [0.1, 0.15) is 30.9 Å². The molecule has 1 saturated heterocycles. The van der Waals surface area contributed by atoms with E-state index in [1.165, 1.54) is 11.1 Å². The fourth-order valence-corrected chi connectivity index (χ4v) is 4.49. The highest BCUT2D eigenvalue weighted by Gasteiger charge is 2.50. The smallest absolute Gasteiger partial charge is 0.124 e. The van der Waals surface area contributed by atoms with Gasteiger partial charge in [-0.25, -0.2) is 0 Å². The Bertz CT molecular complexity index is 730. The van der Waals surface area contributed by atoms with Gasteiger partial charge in [-0.15, -0.1) is 0 Å². The van der Waals surface area contributed by atoms with Crippen molar-refractivity contribution in [2.75, 3.05) is 26.7 Å². The van der Waals surface area contributed by atoms with E-state index < -0.39 is 0 Å². The first-order valence-corrected chi connectivity index (χ1v) is 9.36. The van der Waals surface area contributed by atoms with Crippen LogP contribution >= 0.6 is 0 Å². The quantitative estimate of drug-likeness (QED) is 0.821. The Balaban J connectivity index is 1.49. The molecule has 4 rings (SSSR count). The van der Waals surface area contributed by atoms with Gasteiger partial charge >= 0.3 is 0 Å². The molecule has 0 amide bonds. The van der Waals surface area contributed by atoms with Crippen LogP contribution in [-0.2, 0) is 11.8 Å². The van der Waals surface area contributed by atoms with Gasteiger partial charge in [-0.1, -0.05) is 37.3 Å². The van der Waals surface area contributed by atoms with Crippen molar-refractivity contribution in [2.45, 2.75) is 37.7 Å². The number of hydrogen-bond acceptors (Lipinski definition) is 3. The Morgan fingerprint density at radius 3 is 2.80 bits per heavy atom. The maximum absolute atomic E-state index is 6.39. The molecule has 2 heterocycles. The Labute approximate surface area is 150 Å². The molecule has 0 radical (unpaired) electrons. The van der Waals surface area contributed by atoms with Crippen LogP contribution in [0.3, 0.4) is 0 Å². The van der Waals surface area contributed by atoms with Gasteiger partial charge in [-0.3, -0.25) is 4.90 Å². The molecule has 0 bridgehead atoms. The number of ether oxygens (including phenoxy) is 2. The van der Waals surface area contributed by atoms with Crippen molar-refractivity contribution in [2.24, 2.45) is 0 Å². The number of fused-ring (bicyclic) bond motifs is 3. The zero-order valence-electron chi connectivity index (χ0n) is 15.2. The van der Waals surface area contributed by atoms with E-state index in [1.54, 1.807) is 7.11 Å². The lowest BCUT2D eigenvalue weighted by molar-refractivity contribution is 0.0410. The minimum atomic E-state index is 0.146. The molecular weight excluding hydrogens is 310 g/mol. The highest BCUT2D eigenvalue weighted by molar-refractivity contribution is 5.50. The number of piperidine rings is 1. The third-order valence-electron chi connectivity index (χ3n) is 6.10. The summed E-state index contributed by atoms with van der Waals surface area (Å²) in [7, 11) is 1.74.